The number of amides is 1. The maximum Gasteiger partial charge on any atom is 0.354 e. The van der Waals surface area contributed by atoms with Crippen LogP contribution >= 0.6 is 12.0 Å². The van der Waals surface area contributed by atoms with Gasteiger partial charge in [-0.2, -0.15) is 10.1 Å². The number of carbonyl (C=O) groups is 2. The molecular formula is C11H11N3O4S. The number of hydrogen-bond acceptors (Lipinski definition) is 6. The van der Waals surface area contributed by atoms with E-state index in [-0.39, 0.29) is 11.0 Å². The first-order valence-electron chi connectivity index (χ1n) is 5.33. The molecule has 1 amide bonds. The first-order chi connectivity index (χ1) is 9.04. The predicted octanol–water partition coefficient (Wildman–Crippen LogP) is 0.181. The number of allylic oxidation sites excluding steroid dienone is 3. The summed E-state index contributed by atoms with van der Waals surface area (Å²) in [7, 11) is 0. The number of nitrogens with two attached hydrogens (primary N) is 1. The van der Waals surface area contributed by atoms with Crippen molar-refractivity contribution in [2.45, 2.75) is 11.3 Å². The van der Waals surface area contributed by atoms with Gasteiger partial charge in [0.15, 0.2) is 5.71 Å². The molecule has 1 aliphatic carbocycles. The molecule has 0 saturated carbocycles. The molecule has 7 nitrogen and oxygen atoms in total. The summed E-state index contributed by atoms with van der Waals surface area (Å²) in [6.45, 7) is 0. The van der Waals surface area contributed by atoms with E-state index in [1.54, 1.807) is 30.4 Å². The monoisotopic (exact) mass is 281 g/mol. The van der Waals surface area contributed by atoms with Crippen LogP contribution < -0.4 is 5.73 Å². The zero-order chi connectivity index (χ0) is 14.0. The molecule has 4 N–H and O–H groups in total. The van der Waals surface area contributed by atoms with Crippen LogP contribution in [0.25, 0.3) is 0 Å². The lowest BCUT2D eigenvalue weighted by atomic mass is 10.2. The Labute approximate surface area is 113 Å². The molecule has 0 saturated heterocycles. The summed E-state index contributed by atoms with van der Waals surface area (Å²) < 4.78 is 8.96. The lowest BCUT2D eigenvalue weighted by Gasteiger charge is -2.12. The maximum absolute atomic E-state index is 11.9. The highest BCUT2D eigenvalue weighted by atomic mass is 32.2. The van der Waals surface area contributed by atoms with Crippen LogP contribution in [0.15, 0.2) is 41.2 Å². The minimum Gasteiger partial charge on any atom is -0.477 e. The van der Waals surface area contributed by atoms with Crippen LogP contribution in [0.3, 0.4) is 0 Å². The van der Waals surface area contributed by atoms with E-state index in [9.17, 15) is 9.59 Å². The van der Waals surface area contributed by atoms with Crippen LogP contribution in [-0.4, -0.2) is 43.5 Å². The molecule has 1 heterocycles. The van der Waals surface area contributed by atoms with Gasteiger partial charge in [0.25, 0.3) is 5.91 Å². The molecule has 0 bridgehead atoms. The second kappa shape index (κ2) is 5.39. The summed E-state index contributed by atoms with van der Waals surface area (Å²) >= 11 is 0.645. The Balaban J connectivity index is 2.28. The molecule has 0 fully saturated rings. The number of hydrogen-bond donors (Lipinski definition) is 3. The largest absolute Gasteiger partial charge is 0.477 e. The molecule has 0 aromatic carbocycles. The van der Waals surface area contributed by atoms with E-state index in [0.717, 1.165) is 5.01 Å². The van der Waals surface area contributed by atoms with Gasteiger partial charge in [0, 0.05) is 0 Å². The molecule has 19 heavy (non-hydrogen) atoms. The van der Waals surface area contributed by atoms with Crippen LogP contribution in [0.2, 0.25) is 0 Å². The number of rotatable bonds is 3. The topological polar surface area (TPSA) is 116 Å². The van der Waals surface area contributed by atoms with Crippen molar-refractivity contribution in [3.05, 3.63) is 36.1 Å². The van der Waals surface area contributed by atoms with Gasteiger partial charge in [-0.1, -0.05) is 18.2 Å². The lowest BCUT2D eigenvalue weighted by molar-refractivity contribution is -0.130. The Morgan fingerprint density at radius 1 is 1.47 bits per heavy atom. The van der Waals surface area contributed by atoms with Crippen molar-refractivity contribution in [2.75, 3.05) is 0 Å². The second-order valence-electron chi connectivity index (χ2n) is 3.82. The third-order valence-electron chi connectivity index (χ3n) is 2.59. The second-order valence-corrected chi connectivity index (χ2v) is 4.58. The molecule has 2 rings (SSSR count). The van der Waals surface area contributed by atoms with Crippen molar-refractivity contribution >= 4 is 29.6 Å². The number of carboxylic acids is 1. The quantitative estimate of drug-likeness (QED) is 0.635. The molecule has 1 aliphatic heterocycles. The fourth-order valence-electron chi connectivity index (χ4n) is 1.62. The maximum atomic E-state index is 11.9. The van der Waals surface area contributed by atoms with Crippen LogP contribution in [-0.2, 0) is 9.59 Å². The Morgan fingerprint density at radius 3 is 2.79 bits per heavy atom. The van der Waals surface area contributed by atoms with Crippen LogP contribution in [0.5, 0.6) is 0 Å². The van der Waals surface area contributed by atoms with Gasteiger partial charge < -0.3 is 15.4 Å². The highest BCUT2D eigenvalue weighted by Crippen LogP contribution is 2.20. The van der Waals surface area contributed by atoms with E-state index in [1.165, 1.54) is 0 Å². The van der Waals surface area contributed by atoms with Gasteiger partial charge in [-0.3, -0.25) is 4.79 Å². The zero-order valence-corrected chi connectivity index (χ0v) is 10.4. The summed E-state index contributed by atoms with van der Waals surface area (Å²) in [4.78, 5) is 22.7. The molecule has 8 heteroatoms. The molecular weight excluding hydrogens is 270 g/mol. The van der Waals surface area contributed by atoms with Gasteiger partial charge in [0.05, 0.1) is 10.9 Å². The molecule has 2 unspecified atom stereocenters. The van der Waals surface area contributed by atoms with Gasteiger partial charge in [-0.25, -0.2) is 4.79 Å². The average Bonchev–Trinajstić information content (AvgIpc) is 2.58. The molecule has 0 aromatic heterocycles. The van der Waals surface area contributed by atoms with Crippen molar-refractivity contribution in [3.63, 3.8) is 0 Å². The predicted molar refractivity (Wildman–Crippen MR) is 70.3 cm³/mol. The van der Waals surface area contributed by atoms with E-state index in [1.807, 2.05) is 0 Å². The van der Waals surface area contributed by atoms with E-state index in [2.05, 4.69) is 5.10 Å². The normalized spacial score (nSPS) is 26.2. The van der Waals surface area contributed by atoms with Crippen molar-refractivity contribution < 1.29 is 19.2 Å². The Bertz CT molecular complexity index is 538. The standard InChI is InChI=1S/C11H11N3O4S/c12-8-9(11(16)17)13-14(10(8)15)6-2-1-3-7(19-18)5-4-6/h1-5,7-8,18H,12H2,(H,16,17). The van der Waals surface area contributed by atoms with Crippen molar-refractivity contribution in [3.8, 4) is 0 Å². The minimum absolute atomic E-state index is 0.233. The van der Waals surface area contributed by atoms with Gasteiger partial charge in [-0.05, 0) is 24.2 Å². The number of nitrogens with zero attached hydrogens (tertiary/aromatic N) is 2. The van der Waals surface area contributed by atoms with Crippen LogP contribution in [0, 0.1) is 0 Å². The van der Waals surface area contributed by atoms with Crippen LogP contribution in [0.1, 0.15) is 0 Å². The number of aliphatic carboxylic acids is 1. The van der Waals surface area contributed by atoms with Gasteiger partial charge >= 0.3 is 5.97 Å². The zero-order valence-electron chi connectivity index (χ0n) is 9.63. The number of carboxylic acid groups (broad SMARTS) is 1. The smallest absolute Gasteiger partial charge is 0.354 e. The van der Waals surface area contributed by atoms with Gasteiger partial charge in [0.1, 0.15) is 6.04 Å². The fraction of sp³-hybridized carbons (Fsp3) is 0.182. The molecule has 0 radical (unpaired) electrons. The highest BCUT2D eigenvalue weighted by Gasteiger charge is 2.38. The summed E-state index contributed by atoms with van der Waals surface area (Å²) in [5.74, 6) is -1.92. The molecule has 2 atom stereocenters. The SMILES string of the molecule is NC1C(=O)N(C2=CC=CC(SO)C=C2)N=C1C(=O)O. The average molecular weight is 281 g/mol. The van der Waals surface area contributed by atoms with Gasteiger partial charge in [0.2, 0.25) is 0 Å². The lowest BCUT2D eigenvalue weighted by Crippen LogP contribution is -2.41. The molecule has 0 spiro atoms. The Morgan fingerprint density at radius 2 is 2.21 bits per heavy atom. The van der Waals surface area contributed by atoms with Crippen molar-refractivity contribution in [1.29, 1.82) is 0 Å². The van der Waals surface area contributed by atoms with E-state index >= 15 is 0 Å². The molecule has 0 aromatic rings. The third-order valence-corrected chi connectivity index (χ3v) is 3.14. The number of hydrazone groups is 1. The van der Waals surface area contributed by atoms with E-state index < -0.39 is 17.9 Å². The minimum atomic E-state index is -1.32. The first-order valence-corrected chi connectivity index (χ1v) is 6.16. The van der Waals surface area contributed by atoms with Crippen LogP contribution in [0.4, 0.5) is 0 Å². The van der Waals surface area contributed by atoms with Crippen molar-refractivity contribution in [1.82, 2.24) is 5.01 Å². The highest BCUT2D eigenvalue weighted by molar-refractivity contribution is 7.94. The first kappa shape index (κ1) is 13.5. The van der Waals surface area contributed by atoms with Gasteiger partial charge in [-0.15, -0.1) is 0 Å². The summed E-state index contributed by atoms with van der Waals surface area (Å²) in [5.41, 5.74) is 5.50. The van der Waals surface area contributed by atoms with E-state index in [4.69, 9.17) is 15.4 Å². The summed E-state index contributed by atoms with van der Waals surface area (Å²) in [5, 5.41) is 13.3. The third kappa shape index (κ3) is 2.60. The molecule has 2 aliphatic rings. The summed E-state index contributed by atoms with van der Waals surface area (Å²) in [6.07, 6.45) is 8.19. The molecule has 100 valence electrons. The Kier molecular flexibility index (Phi) is 3.84. The fourth-order valence-corrected chi connectivity index (χ4v) is 1.93. The summed E-state index contributed by atoms with van der Waals surface area (Å²) in [6, 6.07) is -1.26. The Hall–Kier alpha value is -1.90. The number of carbonyl (C=O) groups excluding carboxylic acids is 1. The van der Waals surface area contributed by atoms with E-state index in [0.29, 0.717) is 17.7 Å². The van der Waals surface area contributed by atoms with Crippen molar-refractivity contribution in [2.24, 2.45) is 10.8 Å².